The third kappa shape index (κ3) is 3.02. The monoisotopic (exact) mass is 303 g/mol. The maximum atomic E-state index is 12.6. The lowest BCUT2D eigenvalue weighted by atomic mass is 9.95. The number of aromatic nitrogens is 2. The molecular weight excluding hydrogens is 282 g/mol. The van der Waals surface area contributed by atoms with Gasteiger partial charge in [-0.3, -0.25) is 9.48 Å². The molecule has 0 spiro atoms. The number of likely N-dealkylation sites (N-methyl/N-ethyl adjacent to an activating group) is 1. The molecule has 1 aliphatic carbocycles. The maximum absolute atomic E-state index is 12.6. The van der Waals surface area contributed by atoms with Crippen molar-refractivity contribution < 1.29 is 4.79 Å². The second-order valence-corrected chi connectivity index (χ2v) is 6.72. The molecule has 1 amide bonds. The molecule has 0 aliphatic heterocycles. The summed E-state index contributed by atoms with van der Waals surface area (Å²) in [5.74, 6) is 0.165. The van der Waals surface area contributed by atoms with Crippen LogP contribution in [0.2, 0.25) is 0 Å². The van der Waals surface area contributed by atoms with Crippen LogP contribution in [-0.2, 0) is 26.3 Å². The summed E-state index contributed by atoms with van der Waals surface area (Å²) in [6.07, 6.45) is 9.41. The Morgan fingerprint density at radius 3 is 3.00 bits per heavy atom. The Morgan fingerprint density at radius 1 is 1.43 bits per heavy atom. The van der Waals surface area contributed by atoms with E-state index in [1.54, 1.807) is 16.0 Å². The van der Waals surface area contributed by atoms with Gasteiger partial charge in [-0.2, -0.15) is 5.10 Å². The van der Waals surface area contributed by atoms with Crippen molar-refractivity contribution >= 4 is 17.2 Å². The zero-order valence-electron chi connectivity index (χ0n) is 12.6. The second-order valence-electron chi connectivity index (χ2n) is 5.76. The van der Waals surface area contributed by atoms with Crippen LogP contribution in [0.5, 0.6) is 0 Å². The van der Waals surface area contributed by atoms with Crippen molar-refractivity contribution in [1.82, 2.24) is 14.7 Å². The summed E-state index contributed by atoms with van der Waals surface area (Å²) in [5.41, 5.74) is 3.41. The molecule has 0 radical (unpaired) electrons. The summed E-state index contributed by atoms with van der Waals surface area (Å²) in [6, 6.07) is 0. The van der Waals surface area contributed by atoms with Crippen LogP contribution in [0.4, 0.5) is 0 Å². The number of hydrogen-bond acceptors (Lipinski definition) is 3. The Hall–Kier alpha value is -1.62. The van der Waals surface area contributed by atoms with Gasteiger partial charge in [-0.15, -0.1) is 11.3 Å². The van der Waals surface area contributed by atoms with Gasteiger partial charge < -0.3 is 4.90 Å². The number of carbonyl (C=O) groups is 1. The van der Waals surface area contributed by atoms with Crippen LogP contribution in [0.25, 0.3) is 0 Å². The number of aryl methyl sites for hydroxylation is 2. The molecule has 0 saturated carbocycles. The van der Waals surface area contributed by atoms with Crippen molar-refractivity contribution in [2.45, 2.75) is 32.1 Å². The lowest BCUT2D eigenvalue weighted by Crippen LogP contribution is -2.29. The van der Waals surface area contributed by atoms with Crippen molar-refractivity contribution in [2.75, 3.05) is 13.6 Å². The van der Waals surface area contributed by atoms with Gasteiger partial charge in [0.05, 0.1) is 11.8 Å². The second kappa shape index (κ2) is 6.02. The molecule has 0 unspecified atom stereocenters. The molecule has 0 atom stereocenters. The van der Waals surface area contributed by atoms with Crippen molar-refractivity contribution in [1.29, 1.82) is 0 Å². The first-order valence-electron chi connectivity index (χ1n) is 7.47. The molecule has 21 heavy (non-hydrogen) atoms. The van der Waals surface area contributed by atoms with Gasteiger partial charge in [-0.25, -0.2) is 0 Å². The highest BCUT2D eigenvalue weighted by Crippen LogP contribution is 2.30. The first-order chi connectivity index (χ1) is 10.1. The molecular formula is C16H21N3OS. The summed E-state index contributed by atoms with van der Waals surface area (Å²) < 4.78 is 1.80. The molecule has 4 nitrogen and oxygen atoms in total. The third-order valence-electron chi connectivity index (χ3n) is 4.13. The van der Waals surface area contributed by atoms with Crippen LogP contribution >= 0.6 is 11.3 Å². The third-order valence-corrected chi connectivity index (χ3v) is 5.22. The lowest BCUT2D eigenvalue weighted by Gasteiger charge is -2.18. The lowest BCUT2D eigenvalue weighted by molar-refractivity contribution is 0.0796. The van der Waals surface area contributed by atoms with Gasteiger partial charge in [0.25, 0.3) is 5.91 Å². The normalized spacial score (nSPS) is 14.0. The fraction of sp³-hybridized carbons (Fsp3) is 0.500. The van der Waals surface area contributed by atoms with Crippen LogP contribution in [0.3, 0.4) is 0 Å². The van der Waals surface area contributed by atoms with Gasteiger partial charge in [-0.05, 0) is 43.2 Å². The van der Waals surface area contributed by atoms with E-state index in [2.05, 4.69) is 10.5 Å². The average molecular weight is 303 g/mol. The zero-order chi connectivity index (χ0) is 14.8. The summed E-state index contributed by atoms with van der Waals surface area (Å²) in [5, 5.41) is 6.22. The Bertz CT molecular complexity index is 644. The largest absolute Gasteiger partial charge is 0.341 e. The van der Waals surface area contributed by atoms with Crippen molar-refractivity contribution in [3.05, 3.63) is 39.3 Å². The Morgan fingerprint density at radius 2 is 2.24 bits per heavy atom. The summed E-state index contributed by atoms with van der Waals surface area (Å²) in [6.45, 7) is 0.731. The highest BCUT2D eigenvalue weighted by Gasteiger charge is 2.22. The quantitative estimate of drug-likeness (QED) is 0.871. The standard InChI is InChI=1S/C16H21N3OS/c1-18(8-7-12-9-17-19(2)10-12)16(20)14-11-21-15-6-4-3-5-13(14)15/h9-11H,3-8H2,1-2H3. The zero-order valence-corrected chi connectivity index (χ0v) is 13.4. The van der Waals surface area contributed by atoms with Crippen LogP contribution < -0.4 is 0 Å². The number of thiophene rings is 1. The number of carbonyl (C=O) groups excluding carboxylic acids is 1. The number of fused-ring (bicyclic) bond motifs is 1. The highest BCUT2D eigenvalue weighted by molar-refractivity contribution is 7.10. The van der Waals surface area contributed by atoms with E-state index in [0.717, 1.165) is 31.4 Å². The smallest absolute Gasteiger partial charge is 0.254 e. The molecule has 3 rings (SSSR count). The number of amides is 1. The molecule has 1 aliphatic rings. The van der Waals surface area contributed by atoms with Gasteiger partial charge in [0.1, 0.15) is 0 Å². The fourth-order valence-corrected chi connectivity index (χ4v) is 4.00. The van der Waals surface area contributed by atoms with Crippen LogP contribution in [-0.4, -0.2) is 34.2 Å². The molecule has 0 saturated heterocycles. The van der Waals surface area contributed by atoms with Gasteiger partial charge in [0, 0.05) is 37.1 Å². The molecule has 0 fully saturated rings. The number of rotatable bonds is 4. The van der Waals surface area contributed by atoms with E-state index in [1.807, 2.05) is 31.4 Å². The summed E-state index contributed by atoms with van der Waals surface area (Å²) >= 11 is 1.75. The van der Waals surface area contributed by atoms with E-state index in [9.17, 15) is 4.79 Å². The fourth-order valence-electron chi connectivity index (χ4n) is 2.88. The predicted octanol–water partition coefficient (Wildman–Crippen LogP) is 2.68. The average Bonchev–Trinajstić information content (AvgIpc) is 3.10. The molecule has 5 heteroatoms. The Labute approximate surface area is 129 Å². The van der Waals surface area contributed by atoms with E-state index in [-0.39, 0.29) is 5.91 Å². The molecule has 112 valence electrons. The van der Waals surface area contributed by atoms with Crippen molar-refractivity contribution in [3.63, 3.8) is 0 Å². The first-order valence-corrected chi connectivity index (χ1v) is 8.35. The van der Waals surface area contributed by atoms with E-state index >= 15 is 0 Å². The first kappa shape index (κ1) is 14.3. The minimum absolute atomic E-state index is 0.165. The van der Waals surface area contributed by atoms with E-state index in [0.29, 0.717) is 0 Å². The van der Waals surface area contributed by atoms with Crippen LogP contribution in [0.15, 0.2) is 17.8 Å². The number of nitrogens with zero attached hydrogens (tertiary/aromatic N) is 3. The van der Waals surface area contributed by atoms with E-state index < -0.39 is 0 Å². The van der Waals surface area contributed by atoms with Crippen molar-refractivity contribution in [3.8, 4) is 0 Å². The molecule has 0 N–H and O–H groups in total. The van der Waals surface area contributed by atoms with Gasteiger partial charge in [-0.1, -0.05) is 0 Å². The maximum Gasteiger partial charge on any atom is 0.254 e. The summed E-state index contributed by atoms with van der Waals surface area (Å²) in [7, 11) is 3.81. The molecule has 0 bridgehead atoms. The molecule has 2 aromatic rings. The molecule has 2 aromatic heterocycles. The van der Waals surface area contributed by atoms with Crippen LogP contribution in [0, 0.1) is 0 Å². The van der Waals surface area contributed by atoms with Gasteiger partial charge >= 0.3 is 0 Å². The van der Waals surface area contributed by atoms with E-state index in [4.69, 9.17) is 0 Å². The molecule has 2 heterocycles. The van der Waals surface area contributed by atoms with Gasteiger partial charge in [0.2, 0.25) is 0 Å². The Kier molecular flexibility index (Phi) is 4.10. The van der Waals surface area contributed by atoms with Crippen molar-refractivity contribution in [2.24, 2.45) is 7.05 Å². The van der Waals surface area contributed by atoms with Gasteiger partial charge in [0.15, 0.2) is 0 Å². The number of hydrogen-bond donors (Lipinski definition) is 0. The molecule has 0 aromatic carbocycles. The minimum Gasteiger partial charge on any atom is -0.341 e. The summed E-state index contributed by atoms with van der Waals surface area (Å²) in [4.78, 5) is 15.9. The highest BCUT2D eigenvalue weighted by atomic mass is 32.1. The van der Waals surface area contributed by atoms with Crippen LogP contribution in [0.1, 0.15) is 39.2 Å². The topological polar surface area (TPSA) is 38.1 Å². The Balaban J connectivity index is 1.65. The minimum atomic E-state index is 0.165. The SMILES string of the molecule is CN(CCc1cnn(C)c1)C(=O)c1csc2c1CCCC2. The predicted molar refractivity (Wildman–Crippen MR) is 84.8 cm³/mol. The van der Waals surface area contributed by atoms with E-state index in [1.165, 1.54) is 28.8 Å².